The summed E-state index contributed by atoms with van der Waals surface area (Å²) in [4.78, 5) is 10.0. The van der Waals surface area contributed by atoms with Crippen LogP contribution >= 0.6 is 0 Å². The van der Waals surface area contributed by atoms with Gasteiger partial charge in [-0.25, -0.2) is 4.79 Å². The van der Waals surface area contributed by atoms with E-state index in [4.69, 9.17) is 5.73 Å². The van der Waals surface area contributed by atoms with E-state index in [1.54, 1.807) is 20.8 Å². The van der Waals surface area contributed by atoms with E-state index in [-0.39, 0.29) is 0 Å². The van der Waals surface area contributed by atoms with Crippen molar-refractivity contribution in [2.75, 3.05) is 0 Å². The van der Waals surface area contributed by atoms with E-state index in [1.165, 1.54) is 5.56 Å². The molecule has 0 unspecified atom stereocenters. The van der Waals surface area contributed by atoms with E-state index in [2.05, 4.69) is 11.3 Å². The van der Waals surface area contributed by atoms with Crippen LogP contribution in [0.1, 0.15) is 26.3 Å². The van der Waals surface area contributed by atoms with Gasteiger partial charge in [0.2, 0.25) is 0 Å². The first-order valence-electron chi connectivity index (χ1n) is 5.01. The minimum atomic E-state index is -0.725. The van der Waals surface area contributed by atoms with Crippen LogP contribution in [-0.2, 0) is 4.74 Å². The molecule has 0 fully saturated rings. The lowest BCUT2D eigenvalue weighted by Gasteiger charge is -2.16. The Morgan fingerprint density at radius 2 is 1.81 bits per heavy atom. The Hall–Kier alpha value is -1.77. The van der Waals surface area contributed by atoms with Crippen molar-refractivity contribution in [2.24, 2.45) is 5.73 Å². The molecule has 3 nitrogen and oxygen atoms in total. The maximum absolute atomic E-state index is 10.0. The molecule has 3 heteroatoms. The molecule has 0 saturated carbocycles. The lowest BCUT2D eigenvalue weighted by molar-refractivity contribution is 0.0600. The summed E-state index contributed by atoms with van der Waals surface area (Å²) in [7, 11) is 0. The number of nitrogens with two attached hydrogens (primary N) is 1. The van der Waals surface area contributed by atoms with Crippen LogP contribution in [0.25, 0.3) is 6.08 Å². The number of benzene rings is 1. The highest BCUT2D eigenvalue weighted by Gasteiger charge is 2.12. The first kappa shape index (κ1) is 14.2. The normalized spacial score (nSPS) is 9.69. The van der Waals surface area contributed by atoms with E-state index >= 15 is 0 Å². The molecule has 0 radical (unpaired) electrons. The minimum Gasteiger partial charge on any atom is -0.444 e. The molecule has 0 aliphatic carbocycles. The summed E-state index contributed by atoms with van der Waals surface area (Å²) in [5.74, 6) is 0. The average Bonchev–Trinajstić information content (AvgIpc) is 2.16. The maximum atomic E-state index is 10.0. The van der Waals surface area contributed by atoms with Gasteiger partial charge in [-0.1, -0.05) is 43.0 Å². The molecule has 1 amide bonds. The van der Waals surface area contributed by atoms with Gasteiger partial charge in [0.1, 0.15) is 5.60 Å². The summed E-state index contributed by atoms with van der Waals surface area (Å²) >= 11 is 0. The molecule has 88 valence electrons. The summed E-state index contributed by atoms with van der Waals surface area (Å²) in [5.41, 5.74) is 5.44. The molecule has 0 aliphatic heterocycles. The Morgan fingerprint density at radius 1 is 1.31 bits per heavy atom. The van der Waals surface area contributed by atoms with Crippen LogP contribution in [0.5, 0.6) is 0 Å². The second-order valence-electron chi connectivity index (χ2n) is 4.15. The van der Waals surface area contributed by atoms with Gasteiger partial charge in [-0.3, -0.25) is 0 Å². The highest BCUT2D eigenvalue weighted by Crippen LogP contribution is 2.04. The second-order valence-corrected chi connectivity index (χ2v) is 4.15. The molecule has 0 bridgehead atoms. The quantitative estimate of drug-likeness (QED) is 0.791. The number of ether oxygens (including phenoxy) is 1. The van der Waals surface area contributed by atoms with Crippen molar-refractivity contribution in [1.29, 1.82) is 0 Å². The van der Waals surface area contributed by atoms with Crippen LogP contribution < -0.4 is 5.73 Å². The zero-order valence-electron chi connectivity index (χ0n) is 10.1. The Kier molecular flexibility index (Phi) is 5.93. The van der Waals surface area contributed by atoms with E-state index in [0.717, 1.165) is 0 Å². The Labute approximate surface area is 96.9 Å². The third kappa shape index (κ3) is 8.81. The number of amides is 1. The Bertz CT molecular complexity index is 326. The van der Waals surface area contributed by atoms with Crippen molar-refractivity contribution in [3.63, 3.8) is 0 Å². The monoisotopic (exact) mass is 221 g/mol. The molecule has 0 aromatic heterocycles. The van der Waals surface area contributed by atoms with E-state index in [0.29, 0.717) is 0 Å². The smallest absolute Gasteiger partial charge is 0.405 e. The minimum absolute atomic E-state index is 0.453. The first-order chi connectivity index (χ1) is 7.35. The molecule has 0 atom stereocenters. The maximum Gasteiger partial charge on any atom is 0.405 e. The SMILES string of the molecule is C=Cc1ccccc1.CC(C)(C)OC(N)=O. The predicted molar refractivity (Wildman–Crippen MR) is 67.0 cm³/mol. The van der Waals surface area contributed by atoms with Gasteiger partial charge in [-0.2, -0.15) is 0 Å². The lowest BCUT2D eigenvalue weighted by atomic mass is 10.2. The highest BCUT2D eigenvalue weighted by molar-refractivity contribution is 5.65. The fourth-order valence-electron chi connectivity index (χ4n) is 0.891. The average molecular weight is 221 g/mol. The standard InChI is InChI=1S/C8H8.C5H11NO2/c1-2-8-6-4-3-5-7-8;1-5(2,3)8-4(6)7/h2-7H,1H2;1-3H3,(H2,6,7). The second kappa shape index (κ2) is 6.67. The molecule has 2 N–H and O–H groups in total. The van der Waals surface area contributed by atoms with Crippen LogP contribution in [0.4, 0.5) is 4.79 Å². The van der Waals surface area contributed by atoms with Crippen molar-refractivity contribution < 1.29 is 9.53 Å². The third-order valence-corrected chi connectivity index (χ3v) is 1.44. The molecule has 0 saturated heterocycles. The molecular formula is C13H19NO2. The summed E-state index contributed by atoms with van der Waals surface area (Å²) in [6.07, 6.45) is 1.11. The largest absolute Gasteiger partial charge is 0.444 e. The zero-order valence-corrected chi connectivity index (χ0v) is 10.1. The third-order valence-electron chi connectivity index (χ3n) is 1.44. The lowest BCUT2D eigenvalue weighted by Crippen LogP contribution is -2.27. The van der Waals surface area contributed by atoms with Crippen LogP contribution in [0.3, 0.4) is 0 Å². The highest BCUT2D eigenvalue weighted by atomic mass is 16.6. The topological polar surface area (TPSA) is 52.3 Å². The molecule has 1 aromatic carbocycles. The van der Waals surface area contributed by atoms with Crippen LogP contribution in [0.2, 0.25) is 0 Å². The number of hydrogen-bond acceptors (Lipinski definition) is 2. The van der Waals surface area contributed by atoms with E-state index in [1.807, 2.05) is 36.4 Å². The number of carbonyl (C=O) groups is 1. The first-order valence-corrected chi connectivity index (χ1v) is 5.01. The predicted octanol–water partition coefficient (Wildman–Crippen LogP) is 3.21. The summed E-state index contributed by atoms with van der Waals surface area (Å²) in [6.45, 7) is 8.92. The van der Waals surface area contributed by atoms with Crippen LogP contribution in [0.15, 0.2) is 36.9 Å². The summed E-state index contributed by atoms with van der Waals surface area (Å²) in [5, 5.41) is 0. The van der Waals surface area contributed by atoms with Crippen LogP contribution in [0, 0.1) is 0 Å². The number of primary amides is 1. The van der Waals surface area contributed by atoms with Gasteiger partial charge in [0.25, 0.3) is 0 Å². The van der Waals surface area contributed by atoms with Gasteiger partial charge >= 0.3 is 6.09 Å². The van der Waals surface area contributed by atoms with Crippen LogP contribution in [-0.4, -0.2) is 11.7 Å². The van der Waals surface area contributed by atoms with Crippen molar-refractivity contribution >= 4 is 12.2 Å². The van der Waals surface area contributed by atoms with Gasteiger partial charge in [0, 0.05) is 0 Å². The van der Waals surface area contributed by atoms with E-state index in [9.17, 15) is 4.79 Å². The zero-order chi connectivity index (χ0) is 12.6. The number of rotatable bonds is 1. The Morgan fingerprint density at radius 3 is 2.00 bits per heavy atom. The molecule has 0 heterocycles. The number of carbonyl (C=O) groups excluding carboxylic acids is 1. The fourth-order valence-corrected chi connectivity index (χ4v) is 0.891. The van der Waals surface area contributed by atoms with Gasteiger partial charge in [0.05, 0.1) is 0 Å². The fraction of sp³-hybridized carbons (Fsp3) is 0.308. The van der Waals surface area contributed by atoms with Gasteiger partial charge in [-0.05, 0) is 26.3 Å². The van der Waals surface area contributed by atoms with Crippen molar-refractivity contribution in [3.8, 4) is 0 Å². The van der Waals surface area contributed by atoms with Gasteiger partial charge < -0.3 is 10.5 Å². The molecular weight excluding hydrogens is 202 g/mol. The van der Waals surface area contributed by atoms with Gasteiger partial charge in [0.15, 0.2) is 0 Å². The summed E-state index contributed by atoms with van der Waals surface area (Å²) < 4.78 is 4.58. The van der Waals surface area contributed by atoms with E-state index < -0.39 is 11.7 Å². The van der Waals surface area contributed by atoms with Gasteiger partial charge in [-0.15, -0.1) is 0 Å². The van der Waals surface area contributed by atoms with Crippen molar-refractivity contribution in [3.05, 3.63) is 42.5 Å². The molecule has 0 aliphatic rings. The van der Waals surface area contributed by atoms with Crippen molar-refractivity contribution in [2.45, 2.75) is 26.4 Å². The molecule has 16 heavy (non-hydrogen) atoms. The number of hydrogen-bond donors (Lipinski definition) is 1. The molecule has 0 spiro atoms. The Balaban J connectivity index is 0.000000281. The molecule has 1 aromatic rings. The summed E-state index contributed by atoms with van der Waals surface area (Å²) in [6, 6.07) is 10.0. The molecule has 1 rings (SSSR count). The van der Waals surface area contributed by atoms with Crippen molar-refractivity contribution in [1.82, 2.24) is 0 Å².